The van der Waals surface area contributed by atoms with Crippen LogP contribution < -0.4 is 16.4 Å². The molecule has 0 aliphatic heterocycles. The maximum atomic E-state index is 6.17. The molecule has 2 aromatic carbocycles. The maximum Gasteiger partial charge on any atom is 0.180 e. The van der Waals surface area contributed by atoms with E-state index in [0.717, 1.165) is 37.4 Å². The van der Waals surface area contributed by atoms with Crippen molar-refractivity contribution in [1.29, 1.82) is 0 Å². The van der Waals surface area contributed by atoms with E-state index < -0.39 is 0 Å². The highest BCUT2D eigenvalue weighted by atomic mass is 35.5. The summed E-state index contributed by atoms with van der Waals surface area (Å²) in [5, 5.41) is 8.95. The Labute approximate surface area is 217 Å². The van der Waals surface area contributed by atoms with Crippen molar-refractivity contribution in [2.45, 2.75) is 63.5 Å². The Morgan fingerprint density at radius 1 is 1.06 bits per heavy atom. The summed E-state index contributed by atoms with van der Waals surface area (Å²) in [6, 6.07) is 15.8. The third kappa shape index (κ3) is 5.95. The molecule has 0 bridgehead atoms. The fourth-order valence-electron chi connectivity index (χ4n) is 5.08. The zero-order chi connectivity index (χ0) is 24.1. The summed E-state index contributed by atoms with van der Waals surface area (Å²) < 4.78 is 0. The number of benzene rings is 2. The molecule has 3 atom stereocenters. The van der Waals surface area contributed by atoms with Crippen LogP contribution in [0.15, 0.2) is 42.5 Å². The Morgan fingerprint density at radius 2 is 1.85 bits per heavy atom. The summed E-state index contributed by atoms with van der Waals surface area (Å²) >= 11 is 13.8. The zero-order valence-electron chi connectivity index (χ0n) is 19.9. The van der Waals surface area contributed by atoms with E-state index in [4.69, 9.17) is 28.9 Å². The van der Waals surface area contributed by atoms with Gasteiger partial charge < -0.3 is 16.4 Å². The number of fused-ring (bicyclic) bond motifs is 2. The van der Waals surface area contributed by atoms with Crippen molar-refractivity contribution in [2.75, 3.05) is 19.3 Å². The molecule has 0 amide bonds. The third-order valence-electron chi connectivity index (χ3n) is 6.82. The van der Waals surface area contributed by atoms with Crippen LogP contribution in [0.3, 0.4) is 0 Å². The lowest BCUT2D eigenvalue weighted by Crippen LogP contribution is -2.34. The summed E-state index contributed by atoms with van der Waals surface area (Å²) in [4.78, 5) is 5.73. The average molecular weight is 518 g/mol. The van der Waals surface area contributed by atoms with Gasteiger partial charge in [0.2, 0.25) is 0 Å². The summed E-state index contributed by atoms with van der Waals surface area (Å²) in [6.07, 6.45) is 6.87. The van der Waals surface area contributed by atoms with Gasteiger partial charge in [0.05, 0.1) is 15.7 Å². The van der Waals surface area contributed by atoms with E-state index in [9.17, 15) is 0 Å². The molecule has 0 saturated heterocycles. The molecule has 1 heterocycles. The van der Waals surface area contributed by atoms with E-state index in [1.807, 2.05) is 19.2 Å². The van der Waals surface area contributed by atoms with Gasteiger partial charge in [0.25, 0.3) is 0 Å². The van der Waals surface area contributed by atoms with Gasteiger partial charge in [-0.15, -0.1) is 11.3 Å². The van der Waals surface area contributed by atoms with Gasteiger partial charge >= 0.3 is 0 Å². The lowest BCUT2D eigenvalue weighted by atomic mass is 9.77. The number of thiazole rings is 1. The summed E-state index contributed by atoms with van der Waals surface area (Å²) in [5.74, 6) is 0.408. The molecule has 7 heteroatoms. The summed E-state index contributed by atoms with van der Waals surface area (Å²) in [6.45, 7) is 3.32. The molecule has 0 radical (unpaired) electrons. The maximum absolute atomic E-state index is 6.17. The Hall–Kier alpha value is -1.63. The molecule has 3 aromatic rings. The Bertz CT molecular complexity index is 1100. The molecule has 2 aliphatic rings. The van der Waals surface area contributed by atoms with Crippen molar-refractivity contribution in [2.24, 2.45) is 0 Å². The minimum Gasteiger partial charge on any atom is -0.375 e. The Balaban J connectivity index is 0.000000172. The number of hydrogen-bond donors (Lipinski definition) is 3. The Kier molecular flexibility index (Phi) is 8.89. The third-order valence-corrected chi connectivity index (χ3v) is 8.51. The SMILES string of the molecule is CCCN[C@H]1CCc2nc(N)sc2C1.CN[C@H]1CC[C@@H](c2ccc(Cl)c(Cl)c2)c2ccccc21. The van der Waals surface area contributed by atoms with Crippen molar-refractivity contribution >= 4 is 39.7 Å². The number of anilines is 1. The molecule has 0 saturated carbocycles. The van der Waals surface area contributed by atoms with Crippen molar-refractivity contribution in [3.63, 3.8) is 0 Å². The number of rotatable bonds is 5. The van der Waals surface area contributed by atoms with Crippen LogP contribution >= 0.6 is 34.5 Å². The predicted octanol–water partition coefficient (Wildman–Crippen LogP) is 6.76. The molecule has 182 valence electrons. The van der Waals surface area contributed by atoms with Crippen molar-refractivity contribution in [3.05, 3.63) is 79.8 Å². The number of nitrogens with one attached hydrogen (secondary N) is 2. The van der Waals surface area contributed by atoms with E-state index in [2.05, 4.69) is 52.9 Å². The highest BCUT2D eigenvalue weighted by Gasteiger charge is 2.27. The molecule has 5 rings (SSSR count). The van der Waals surface area contributed by atoms with Gasteiger partial charge in [-0.05, 0) is 80.9 Å². The second-order valence-corrected chi connectivity index (χ2v) is 11.0. The number of nitrogens with zero attached hydrogens (tertiary/aromatic N) is 1. The number of halogens is 2. The lowest BCUT2D eigenvalue weighted by molar-refractivity contribution is 0.460. The first-order chi connectivity index (χ1) is 16.5. The number of nitrogens with two attached hydrogens (primary N) is 1. The van der Waals surface area contributed by atoms with Gasteiger partial charge in [-0.2, -0.15) is 0 Å². The first-order valence-corrected chi connectivity index (χ1v) is 13.8. The fourth-order valence-corrected chi connectivity index (χ4v) is 6.35. The monoisotopic (exact) mass is 516 g/mol. The minimum absolute atomic E-state index is 0.408. The average Bonchev–Trinajstić information content (AvgIpc) is 3.23. The second-order valence-electron chi connectivity index (χ2n) is 9.09. The highest BCUT2D eigenvalue weighted by molar-refractivity contribution is 7.15. The Morgan fingerprint density at radius 3 is 2.59 bits per heavy atom. The van der Waals surface area contributed by atoms with Gasteiger partial charge in [0, 0.05) is 22.9 Å². The molecule has 0 unspecified atom stereocenters. The van der Waals surface area contributed by atoms with E-state index >= 15 is 0 Å². The topological polar surface area (TPSA) is 63.0 Å². The van der Waals surface area contributed by atoms with E-state index in [1.54, 1.807) is 11.3 Å². The van der Waals surface area contributed by atoms with Crippen LogP contribution in [0.1, 0.15) is 71.8 Å². The van der Waals surface area contributed by atoms with Crippen LogP contribution in [0.5, 0.6) is 0 Å². The molecule has 0 fully saturated rings. The molecule has 0 spiro atoms. The number of aromatic nitrogens is 1. The molecular formula is C27H34Cl2N4S. The number of hydrogen-bond acceptors (Lipinski definition) is 5. The lowest BCUT2D eigenvalue weighted by Gasteiger charge is -2.32. The van der Waals surface area contributed by atoms with E-state index in [0.29, 0.717) is 28.0 Å². The number of nitrogen functional groups attached to an aromatic ring is 1. The fraction of sp³-hybridized carbons (Fsp3) is 0.444. The highest BCUT2D eigenvalue weighted by Crippen LogP contribution is 2.42. The van der Waals surface area contributed by atoms with Gasteiger partial charge in [0.15, 0.2) is 5.13 Å². The smallest absolute Gasteiger partial charge is 0.180 e. The van der Waals surface area contributed by atoms with Crippen molar-refractivity contribution < 1.29 is 0 Å². The minimum atomic E-state index is 0.408. The summed E-state index contributed by atoms with van der Waals surface area (Å²) in [7, 11) is 2.03. The van der Waals surface area contributed by atoms with Crippen LogP contribution in [0, 0.1) is 0 Å². The molecule has 4 nitrogen and oxygen atoms in total. The molecule has 34 heavy (non-hydrogen) atoms. The zero-order valence-corrected chi connectivity index (χ0v) is 22.2. The summed E-state index contributed by atoms with van der Waals surface area (Å²) in [5.41, 5.74) is 11.0. The van der Waals surface area contributed by atoms with Crippen LogP contribution in [-0.2, 0) is 12.8 Å². The van der Waals surface area contributed by atoms with Crippen molar-refractivity contribution in [1.82, 2.24) is 15.6 Å². The molecule has 1 aromatic heterocycles. The van der Waals surface area contributed by atoms with Gasteiger partial charge in [0.1, 0.15) is 0 Å². The predicted molar refractivity (Wildman–Crippen MR) is 146 cm³/mol. The van der Waals surface area contributed by atoms with Crippen molar-refractivity contribution in [3.8, 4) is 0 Å². The quantitative estimate of drug-likeness (QED) is 0.350. The van der Waals surface area contributed by atoms with Crippen LogP contribution in [-0.4, -0.2) is 24.6 Å². The van der Waals surface area contributed by atoms with E-state index in [1.165, 1.54) is 40.1 Å². The molecule has 4 N–H and O–H groups in total. The van der Waals surface area contributed by atoms with Gasteiger partial charge in [-0.3, -0.25) is 0 Å². The van der Waals surface area contributed by atoms with Gasteiger partial charge in [-0.25, -0.2) is 4.98 Å². The van der Waals surface area contributed by atoms with Crippen LogP contribution in [0.4, 0.5) is 5.13 Å². The standard InChI is InChI=1S/C17H17Cl2N.C10H17N3S/c1-20-17-9-7-12(13-4-2-3-5-14(13)17)11-6-8-15(18)16(19)10-11;1-2-5-12-7-3-4-8-9(6-7)14-10(11)13-8/h2-6,8,10,12,17,20H,7,9H2,1H3;7,12H,2-6H2,1H3,(H2,11,13)/t12-,17-;7-/m00/s1. The first kappa shape index (κ1) is 25.5. The number of aryl methyl sites for hydroxylation is 1. The largest absolute Gasteiger partial charge is 0.375 e. The normalized spacial score (nSPS) is 21.2. The molecular weight excluding hydrogens is 483 g/mol. The second kappa shape index (κ2) is 11.9. The molecule has 2 aliphatic carbocycles. The van der Waals surface area contributed by atoms with Gasteiger partial charge in [-0.1, -0.05) is 60.5 Å². The first-order valence-electron chi connectivity index (χ1n) is 12.2. The van der Waals surface area contributed by atoms with Crippen LogP contribution in [0.25, 0.3) is 0 Å². The van der Waals surface area contributed by atoms with Crippen LogP contribution in [0.2, 0.25) is 10.0 Å². The van der Waals surface area contributed by atoms with E-state index in [-0.39, 0.29) is 0 Å².